The summed E-state index contributed by atoms with van der Waals surface area (Å²) >= 11 is 0. The molecule has 0 aliphatic carbocycles. The Morgan fingerprint density at radius 3 is 2.33 bits per heavy atom. The molecule has 21 heavy (non-hydrogen) atoms. The summed E-state index contributed by atoms with van der Waals surface area (Å²) in [5.74, 6) is -0.165. The molecular weight excluding hydrogens is 266 g/mol. The summed E-state index contributed by atoms with van der Waals surface area (Å²) in [5, 5.41) is 2.81. The minimum atomic E-state index is -0.198. The number of hydrogen-bond donors (Lipinski definition) is 2. The molecule has 0 saturated carbocycles. The summed E-state index contributed by atoms with van der Waals surface area (Å²) in [4.78, 5) is 26.1. The fraction of sp³-hybridized carbons (Fsp3) is 0. The summed E-state index contributed by atoms with van der Waals surface area (Å²) < 4.78 is 1.49. The van der Waals surface area contributed by atoms with Crippen LogP contribution in [0.4, 0.5) is 5.69 Å². The highest BCUT2D eigenvalue weighted by Gasteiger charge is 2.05. The quantitative estimate of drug-likeness (QED) is 0.773. The second-order valence-corrected chi connectivity index (χ2v) is 4.50. The van der Waals surface area contributed by atoms with Crippen molar-refractivity contribution in [1.82, 2.24) is 9.55 Å². The van der Waals surface area contributed by atoms with Crippen LogP contribution in [0.5, 0.6) is 0 Å². The number of nitrogens with zero attached hydrogens (tertiary/aromatic N) is 1. The Morgan fingerprint density at radius 1 is 1.00 bits per heavy atom. The number of imidazole rings is 1. The van der Waals surface area contributed by atoms with Crippen LogP contribution in [-0.2, 0) is 0 Å². The molecular formula is C16H13N3O2. The lowest BCUT2D eigenvalue weighted by Crippen LogP contribution is -2.14. The van der Waals surface area contributed by atoms with Crippen molar-refractivity contribution < 1.29 is 4.79 Å². The van der Waals surface area contributed by atoms with E-state index in [9.17, 15) is 9.59 Å². The molecule has 0 atom stereocenters. The lowest BCUT2D eigenvalue weighted by atomic mass is 10.2. The number of aromatic nitrogens is 2. The van der Waals surface area contributed by atoms with E-state index < -0.39 is 0 Å². The summed E-state index contributed by atoms with van der Waals surface area (Å²) in [6.45, 7) is 0. The lowest BCUT2D eigenvalue weighted by Gasteiger charge is -2.06. The number of nitrogens with one attached hydrogen (secondary N) is 2. The molecule has 1 aromatic heterocycles. The van der Waals surface area contributed by atoms with Gasteiger partial charge in [-0.2, -0.15) is 0 Å². The van der Waals surface area contributed by atoms with E-state index in [2.05, 4.69) is 10.3 Å². The summed E-state index contributed by atoms with van der Waals surface area (Å²) in [5.41, 5.74) is 1.81. The summed E-state index contributed by atoms with van der Waals surface area (Å²) in [7, 11) is 0. The van der Waals surface area contributed by atoms with E-state index in [1.807, 2.05) is 18.2 Å². The van der Waals surface area contributed by atoms with E-state index in [1.165, 1.54) is 4.57 Å². The Kier molecular flexibility index (Phi) is 3.39. The van der Waals surface area contributed by atoms with Crippen LogP contribution in [0.3, 0.4) is 0 Å². The van der Waals surface area contributed by atoms with Gasteiger partial charge in [0.15, 0.2) is 0 Å². The zero-order valence-corrected chi connectivity index (χ0v) is 11.1. The molecule has 0 aliphatic heterocycles. The number of H-pyrrole nitrogens is 1. The van der Waals surface area contributed by atoms with Crippen molar-refractivity contribution in [3.63, 3.8) is 0 Å². The first-order valence-electron chi connectivity index (χ1n) is 6.47. The molecule has 0 radical (unpaired) electrons. The summed E-state index contributed by atoms with van der Waals surface area (Å²) in [6, 6.07) is 16.1. The van der Waals surface area contributed by atoms with Gasteiger partial charge >= 0.3 is 5.69 Å². The average molecular weight is 279 g/mol. The predicted molar refractivity (Wildman–Crippen MR) is 80.8 cm³/mol. The first-order valence-corrected chi connectivity index (χ1v) is 6.47. The van der Waals surface area contributed by atoms with Crippen LogP contribution >= 0.6 is 0 Å². The monoisotopic (exact) mass is 279 g/mol. The Labute approximate surface area is 120 Å². The lowest BCUT2D eigenvalue weighted by molar-refractivity contribution is 0.102. The topological polar surface area (TPSA) is 66.9 Å². The van der Waals surface area contributed by atoms with Gasteiger partial charge in [-0.15, -0.1) is 0 Å². The zero-order valence-electron chi connectivity index (χ0n) is 11.1. The van der Waals surface area contributed by atoms with Crippen molar-refractivity contribution in [2.45, 2.75) is 0 Å². The van der Waals surface area contributed by atoms with Crippen molar-refractivity contribution in [2.24, 2.45) is 0 Å². The molecule has 3 rings (SSSR count). The van der Waals surface area contributed by atoms with E-state index in [0.29, 0.717) is 11.3 Å². The van der Waals surface area contributed by atoms with Gasteiger partial charge in [0, 0.05) is 23.6 Å². The maximum atomic E-state index is 12.0. The molecule has 2 aromatic carbocycles. The molecule has 2 N–H and O–H groups in total. The maximum absolute atomic E-state index is 12.0. The molecule has 5 heteroatoms. The van der Waals surface area contributed by atoms with Crippen molar-refractivity contribution in [1.29, 1.82) is 0 Å². The second-order valence-electron chi connectivity index (χ2n) is 4.50. The van der Waals surface area contributed by atoms with Crippen LogP contribution in [-0.4, -0.2) is 15.5 Å². The number of hydrogen-bond acceptors (Lipinski definition) is 2. The van der Waals surface area contributed by atoms with Crippen molar-refractivity contribution in [3.05, 3.63) is 83.0 Å². The minimum Gasteiger partial charge on any atom is -0.322 e. The number of rotatable bonds is 3. The minimum absolute atomic E-state index is 0.165. The van der Waals surface area contributed by atoms with Gasteiger partial charge < -0.3 is 10.3 Å². The Bertz CT molecular complexity index is 801. The van der Waals surface area contributed by atoms with Gasteiger partial charge in [-0.3, -0.25) is 9.36 Å². The maximum Gasteiger partial charge on any atom is 0.330 e. The zero-order chi connectivity index (χ0) is 14.7. The van der Waals surface area contributed by atoms with E-state index in [1.54, 1.807) is 48.8 Å². The molecule has 1 amide bonds. The van der Waals surface area contributed by atoms with Crippen molar-refractivity contribution in [3.8, 4) is 5.69 Å². The van der Waals surface area contributed by atoms with Crippen molar-refractivity contribution >= 4 is 11.6 Å². The molecule has 104 valence electrons. The van der Waals surface area contributed by atoms with Crippen LogP contribution in [0.25, 0.3) is 5.69 Å². The van der Waals surface area contributed by atoms with E-state index in [0.717, 1.165) is 5.69 Å². The third-order valence-corrected chi connectivity index (χ3v) is 3.09. The van der Waals surface area contributed by atoms with E-state index >= 15 is 0 Å². The largest absolute Gasteiger partial charge is 0.330 e. The van der Waals surface area contributed by atoms with Gasteiger partial charge in [-0.25, -0.2) is 4.79 Å². The number of anilines is 1. The molecule has 0 unspecified atom stereocenters. The van der Waals surface area contributed by atoms with E-state index in [-0.39, 0.29) is 11.6 Å². The molecule has 3 aromatic rings. The molecule has 5 nitrogen and oxygen atoms in total. The number of aromatic amines is 1. The molecule has 0 fully saturated rings. The van der Waals surface area contributed by atoms with Gasteiger partial charge in [0.2, 0.25) is 0 Å². The number of carbonyl (C=O) groups is 1. The third-order valence-electron chi connectivity index (χ3n) is 3.09. The molecule has 0 aliphatic rings. The van der Waals surface area contributed by atoms with E-state index in [4.69, 9.17) is 0 Å². The smallest absolute Gasteiger partial charge is 0.322 e. The fourth-order valence-electron chi connectivity index (χ4n) is 2.02. The van der Waals surface area contributed by atoms with Gasteiger partial charge in [0.25, 0.3) is 5.91 Å². The van der Waals surface area contributed by atoms with Crippen molar-refractivity contribution in [2.75, 3.05) is 5.32 Å². The van der Waals surface area contributed by atoms with Gasteiger partial charge in [-0.05, 0) is 36.4 Å². The van der Waals surface area contributed by atoms with Crippen LogP contribution in [0.15, 0.2) is 71.8 Å². The third kappa shape index (κ3) is 2.76. The normalized spacial score (nSPS) is 10.3. The first-order chi connectivity index (χ1) is 10.2. The average Bonchev–Trinajstić information content (AvgIpc) is 2.95. The highest BCUT2D eigenvalue weighted by atomic mass is 16.2. The van der Waals surface area contributed by atoms with Crippen LogP contribution in [0.2, 0.25) is 0 Å². The SMILES string of the molecule is O=C(Nc1ccc(-n2cc[nH]c2=O)cc1)c1ccccc1. The highest BCUT2D eigenvalue weighted by Crippen LogP contribution is 2.13. The Balaban J connectivity index is 1.78. The highest BCUT2D eigenvalue weighted by molar-refractivity contribution is 6.04. The van der Waals surface area contributed by atoms with Gasteiger partial charge in [0.05, 0.1) is 5.69 Å². The molecule has 0 bridgehead atoms. The predicted octanol–water partition coefficient (Wildman–Crippen LogP) is 2.42. The Hall–Kier alpha value is -3.08. The molecule has 0 spiro atoms. The molecule has 0 saturated heterocycles. The molecule has 1 heterocycles. The number of amides is 1. The van der Waals surface area contributed by atoms with Crippen LogP contribution in [0, 0.1) is 0 Å². The Morgan fingerprint density at radius 2 is 1.71 bits per heavy atom. The first kappa shape index (κ1) is 12.9. The summed E-state index contributed by atoms with van der Waals surface area (Å²) in [6.07, 6.45) is 3.23. The second kappa shape index (κ2) is 5.50. The fourth-order valence-corrected chi connectivity index (χ4v) is 2.02. The van der Waals surface area contributed by atoms with Crippen LogP contribution in [0.1, 0.15) is 10.4 Å². The van der Waals surface area contributed by atoms with Gasteiger partial charge in [-0.1, -0.05) is 18.2 Å². The van der Waals surface area contributed by atoms with Gasteiger partial charge in [0.1, 0.15) is 0 Å². The standard InChI is InChI=1S/C16H13N3O2/c20-15(12-4-2-1-3-5-12)18-13-6-8-14(9-7-13)19-11-10-17-16(19)21/h1-11H,(H,17,21)(H,18,20). The number of benzene rings is 2. The number of carbonyl (C=O) groups excluding carboxylic acids is 1. The van der Waals surface area contributed by atoms with Crippen LogP contribution < -0.4 is 11.0 Å².